The van der Waals surface area contributed by atoms with Crippen molar-refractivity contribution in [3.05, 3.63) is 35.0 Å². The molecule has 0 bridgehead atoms. The predicted octanol–water partition coefficient (Wildman–Crippen LogP) is 2.09. The Morgan fingerprint density at radius 2 is 2.11 bits per heavy atom. The minimum absolute atomic E-state index is 0.472. The average Bonchev–Trinajstić information content (AvgIpc) is 2.60. The highest BCUT2D eigenvalue weighted by molar-refractivity contribution is 6.05. The van der Waals surface area contributed by atoms with Crippen LogP contribution in [0.4, 0.5) is 0 Å². The zero-order valence-corrected chi connectivity index (χ0v) is 10.6. The van der Waals surface area contributed by atoms with Crippen LogP contribution >= 0.6 is 0 Å². The van der Waals surface area contributed by atoms with E-state index in [1.165, 1.54) is 0 Å². The van der Waals surface area contributed by atoms with Crippen molar-refractivity contribution < 1.29 is 9.90 Å². The lowest BCUT2D eigenvalue weighted by Gasteiger charge is -2.25. The standard InChI is InChI=1S/C14H16N2O2/c1-9-3-4-11-10(7-9)13(14(17)18)12-8-15(2)5-6-16(11)12/h3-4,7H,5-6,8H2,1-2H3,(H,17,18). The Balaban J connectivity index is 2.37. The Morgan fingerprint density at radius 3 is 2.83 bits per heavy atom. The molecule has 1 aromatic heterocycles. The molecule has 4 heteroatoms. The van der Waals surface area contributed by atoms with Crippen molar-refractivity contribution in [2.75, 3.05) is 13.6 Å². The fourth-order valence-electron chi connectivity index (χ4n) is 2.79. The third-order valence-corrected chi connectivity index (χ3v) is 3.67. The molecule has 0 saturated heterocycles. The molecule has 2 aromatic rings. The van der Waals surface area contributed by atoms with Crippen molar-refractivity contribution in [2.45, 2.75) is 20.0 Å². The molecule has 0 atom stereocenters. The molecular weight excluding hydrogens is 228 g/mol. The van der Waals surface area contributed by atoms with E-state index in [2.05, 4.69) is 9.47 Å². The number of nitrogens with zero attached hydrogens (tertiary/aromatic N) is 2. The van der Waals surface area contributed by atoms with E-state index in [1.807, 2.05) is 32.2 Å². The van der Waals surface area contributed by atoms with E-state index in [1.54, 1.807) is 0 Å². The molecular formula is C14H16N2O2. The first kappa shape index (κ1) is 11.3. The van der Waals surface area contributed by atoms with Crippen molar-refractivity contribution >= 4 is 16.9 Å². The second kappa shape index (κ2) is 3.85. The van der Waals surface area contributed by atoms with E-state index in [9.17, 15) is 9.90 Å². The molecule has 4 nitrogen and oxygen atoms in total. The molecule has 1 aromatic carbocycles. The summed E-state index contributed by atoms with van der Waals surface area (Å²) in [5.41, 5.74) is 3.54. The van der Waals surface area contributed by atoms with Crippen LogP contribution in [0.15, 0.2) is 18.2 Å². The van der Waals surface area contributed by atoms with Crippen molar-refractivity contribution in [1.82, 2.24) is 9.47 Å². The van der Waals surface area contributed by atoms with Crippen molar-refractivity contribution in [1.29, 1.82) is 0 Å². The van der Waals surface area contributed by atoms with E-state index in [-0.39, 0.29) is 0 Å². The van der Waals surface area contributed by atoms with Crippen LogP contribution in [0.3, 0.4) is 0 Å². The van der Waals surface area contributed by atoms with Crippen molar-refractivity contribution in [2.24, 2.45) is 0 Å². The number of rotatable bonds is 1. The maximum atomic E-state index is 11.5. The average molecular weight is 244 g/mol. The first-order chi connectivity index (χ1) is 8.58. The predicted molar refractivity (Wildman–Crippen MR) is 70.0 cm³/mol. The highest BCUT2D eigenvalue weighted by Crippen LogP contribution is 2.30. The fraction of sp³-hybridized carbons (Fsp3) is 0.357. The Kier molecular flexibility index (Phi) is 2.41. The van der Waals surface area contributed by atoms with Crippen LogP contribution in [0.2, 0.25) is 0 Å². The molecule has 0 radical (unpaired) electrons. The Morgan fingerprint density at radius 1 is 1.33 bits per heavy atom. The Hall–Kier alpha value is -1.81. The lowest BCUT2D eigenvalue weighted by Crippen LogP contribution is -2.30. The smallest absolute Gasteiger partial charge is 0.338 e. The van der Waals surface area contributed by atoms with Crippen LogP contribution in [-0.4, -0.2) is 34.1 Å². The van der Waals surface area contributed by atoms with Gasteiger partial charge in [0.2, 0.25) is 0 Å². The van der Waals surface area contributed by atoms with Gasteiger partial charge in [0.25, 0.3) is 0 Å². The van der Waals surface area contributed by atoms with E-state index in [0.717, 1.165) is 35.2 Å². The number of fused-ring (bicyclic) bond motifs is 3. The van der Waals surface area contributed by atoms with E-state index >= 15 is 0 Å². The molecule has 1 aliphatic heterocycles. The number of aromatic carboxylic acids is 1. The number of hydrogen-bond acceptors (Lipinski definition) is 2. The minimum atomic E-state index is -0.824. The minimum Gasteiger partial charge on any atom is -0.478 e. The van der Waals surface area contributed by atoms with Crippen LogP contribution < -0.4 is 0 Å². The molecule has 0 saturated carbocycles. The summed E-state index contributed by atoms with van der Waals surface area (Å²) in [5, 5.41) is 10.3. The summed E-state index contributed by atoms with van der Waals surface area (Å²) in [6.45, 7) is 4.52. The summed E-state index contributed by atoms with van der Waals surface area (Å²) in [4.78, 5) is 13.7. The van der Waals surface area contributed by atoms with Gasteiger partial charge in [0, 0.05) is 36.2 Å². The summed E-state index contributed by atoms with van der Waals surface area (Å²) in [6, 6.07) is 6.05. The summed E-state index contributed by atoms with van der Waals surface area (Å²) >= 11 is 0. The summed E-state index contributed by atoms with van der Waals surface area (Å²) in [7, 11) is 2.03. The quantitative estimate of drug-likeness (QED) is 0.835. The molecule has 94 valence electrons. The summed E-state index contributed by atoms with van der Waals surface area (Å²) in [5.74, 6) is -0.824. The third-order valence-electron chi connectivity index (χ3n) is 3.67. The van der Waals surface area contributed by atoms with Gasteiger partial charge in [0.05, 0.1) is 5.56 Å². The molecule has 18 heavy (non-hydrogen) atoms. The van der Waals surface area contributed by atoms with Gasteiger partial charge in [-0.1, -0.05) is 11.6 Å². The molecule has 0 fully saturated rings. The lowest BCUT2D eigenvalue weighted by molar-refractivity contribution is 0.0695. The summed E-state index contributed by atoms with van der Waals surface area (Å²) < 4.78 is 2.15. The third kappa shape index (κ3) is 1.53. The van der Waals surface area contributed by atoms with Crippen LogP contribution in [-0.2, 0) is 13.1 Å². The Labute approximate surface area is 105 Å². The van der Waals surface area contributed by atoms with Crippen molar-refractivity contribution in [3.8, 4) is 0 Å². The van der Waals surface area contributed by atoms with Crippen LogP contribution in [0.25, 0.3) is 10.9 Å². The number of carboxylic acid groups (broad SMARTS) is 1. The van der Waals surface area contributed by atoms with Gasteiger partial charge in [-0.3, -0.25) is 4.90 Å². The largest absolute Gasteiger partial charge is 0.478 e. The number of aryl methyl sites for hydroxylation is 1. The van der Waals surface area contributed by atoms with Gasteiger partial charge in [-0.25, -0.2) is 4.79 Å². The van der Waals surface area contributed by atoms with Gasteiger partial charge in [0.15, 0.2) is 0 Å². The SMILES string of the molecule is Cc1ccc2c(c1)c(C(=O)O)c1n2CCN(C)C1. The van der Waals surface area contributed by atoms with Gasteiger partial charge in [0.1, 0.15) is 0 Å². The zero-order chi connectivity index (χ0) is 12.9. The molecule has 1 N–H and O–H groups in total. The highest BCUT2D eigenvalue weighted by Gasteiger charge is 2.25. The van der Waals surface area contributed by atoms with Crippen LogP contribution in [0.5, 0.6) is 0 Å². The molecule has 0 unspecified atom stereocenters. The van der Waals surface area contributed by atoms with Gasteiger partial charge in [-0.05, 0) is 26.1 Å². The maximum Gasteiger partial charge on any atom is 0.338 e. The second-order valence-electron chi connectivity index (χ2n) is 5.04. The molecule has 3 rings (SSSR count). The fourth-order valence-corrected chi connectivity index (χ4v) is 2.79. The second-order valence-corrected chi connectivity index (χ2v) is 5.04. The van der Waals surface area contributed by atoms with Gasteiger partial charge >= 0.3 is 5.97 Å². The monoisotopic (exact) mass is 244 g/mol. The molecule has 2 heterocycles. The molecule has 0 spiro atoms. The number of benzene rings is 1. The van der Waals surface area contributed by atoms with Crippen molar-refractivity contribution in [3.63, 3.8) is 0 Å². The number of aromatic nitrogens is 1. The first-order valence-electron chi connectivity index (χ1n) is 6.11. The maximum absolute atomic E-state index is 11.5. The number of hydrogen-bond donors (Lipinski definition) is 1. The van der Waals surface area contributed by atoms with E-state index in [0.29, 0.717) is 12.1 Å². The van der Waals surface area contributed by atoms with Gasteiger partial charge < -0.3 is 9.67 Å². The normalized spacial score (nSPS) is 15.9. The molecule has 1 aliphatic rings. The van der Waals surface area contributed by atoms with E-state index < -0.39 is 5.97 Å². The first-order valence-corrected chi connectivity index (χ1v) is 6.11. The number of likely N-dealkylation sites (N-methyl/N-ethyl adjacent to an activating group) is 1. The lowest BCUT2D eigenvalue weighted by atomic mass is 10.1. The number of carbonyl (C=O) groups is 1. The van der Waals surface area contributed by atoms with Gasteiger partial charge in [-0.2, -0.15) is 0 Å². The summed E-state index contributed by atoms with van der Waals surface area (Å²) in [6.07, 6.45) is 0. The Bertz CT molecular complexity index is 643. The van der Waals surface area contributed by atoms with E-state index in [4.69, 9.17) is 0 Å². The topological polar surface area (TPSA) is 45.5 Å². The highest BCUT2D eigenvalue weighted by atomic mass is 16.4. The zero-order valence-electron chi connectivity index (χ0n) is 10.6. The molecule has 0 amide bonds. The van der Waals surface area contributed by atoms with Gasteiger partial charge in [-0.15, -0.1) is 0 Å². The number of carboxylic acids is 1. The molecule has 0 aliphatic carbocycles. The van der Waals surface area contributed by atoms with Crippen LogP contribution in [0.1, 0.15) is 21.6 Å². The van der Waals surface area contributed by atoms with Crippen LogP contribution in [0, 0.1) is 6.92 Å².